The number of rotatable bonds is 8. The number of nitrogen functional groups attached to an aromatic ring is 1. The van der Waals surface area contributed by atoms with Gasteiger partial charge in [-0.2, -0.15) is 5.10 Å². The van der Waals surface area contributed by atoms with Crippen molar-refractivity contribution in [1.82, 2.24) is 29.9 Å². The van der Waals surface area contributed by atoms with Crippen LogP contribution in [0.4, 0.5) is 5.82 Å². The zero-order chi connectivity index (χ0) is 35.4. The number of ketones is 1. The number of hydrogen-bond donors (Lipinski definition) is 4. The first-order valence-corrected chi connectivity index (χ1v) is 15.7. The number of amides is 2. The fourth-order valence-electron chi connectivity index (χ4n) is 5.44. The van der Waals surface area contributed by atoms with Gasteiger partial charge in [-0.1, -0.05) is 23.7 Å². The molecule has 1 fully saturated rings. The Morgan fingerprint density at radius 2 is 1.80 bits per heavy atom. The molecule has 13 nitrogen and oxygen atoms in total. The average molecular weight is 686 g/mol. The molecule has 5 N–H and O–H groups in total. The Kier molecular flexibility index (Phi) is 10.3. The van der Waals surface area contributed by atoms with Crippen molar-refractivity contribution in [3.8, 4) is 17.2 Å². The summed E-state index contributed by atoms with van der Waals surface area (Å²) in [6.45, 7) is 2.45. The lowest BCUT2D eigenvalue weighted by molar-refractivity contribution is -0.134. The first-order valence-electron chi connectivity index (χ1n) is 15.3. The first-order chi connectivity index (χ1) is 23.4. The fraction of sp³-hybridized carbons (Fsp3) is 0.229. The standard InChI is InChI=1S/C33H32ClN7O4.C2H4O2/c1-36-21-12-13-40(18-21)32(43)19-8-10-26-20(14-19)15-27(38-26)30(42)24-17-37-41(31(24)35)28-11-9-22(16-25(28)34)45-29-7-5-4-6-23(29)33(44)39(2)3;1-2(3)4/h4-11,14-17,21,36,38H,12-13,18,35H2,1-3H3;1H3,(H,3,4). The van der Waals surface area contributed by atoms with Gasteiger partial charge < -0.3 is 35.7 Å². The van der Waals surface area contributed by atoms with Crippen LogP contribution in [-0.4, -0.2) is 93.5 Å². The highest BCUT2D eigenvalue weighted by molar-refractivity contribution is 6.32. The molecule has 49 heavy (non-hydrogen) atoms. The molecular weight excluding hydrogens is 650 g/mol. The molecule has 14 heteroatoms. The summed E-state index contributed by atoms with van der Waals surface area (Å²) in [5, 5.41) is 16.0. The Labute approximate surface area is 287 Å². The number of nitrogens with one attached hydrogen (secondary N) is 2. The number of aliphatic carboxylic acids is 1. The van der Waals surface area contributed by atoms with Crippen LogP contribution in [0.15, 0.2) is 72.9 Å². The minimum Gasteiger partial charge on any atom is -0.481 e. The van der Waals surface area contributed by atoms with Crippen molar-refractivity contribution in [3.05, 3.63) is 100 Å². The van der Waals surface area contributed by atoms with Crippen molar-refractivity contribution < 1.29 is 29.0 Å². The Hall–Kier alpha value is -5.66. The van der Waals surface area contributed by atoms with Crippen molar-refractivity contribution in [2.24, 2.45) is 0 Å². The summed E-state index contributed by atoms with van der Waals surface area (Å²) in [6.07, 6.45) is 2.31. The minimum absolute atomic E-state index is 0.0335. The second kappa shape index (κ2) is 14.6. The lowest BCUT2D eigenvalue weighted by Gasteiger charge is -2.16. The van der Waals surface area contributed by atoms with Crippen molar-refractivity contribution in [2.75, 3.05) is 40.0 Å². The van der Waals surface area contributed by atoms with Crippen molar-refractivity contribution in [3.63, 3.8) is 0 Å². The molecule has 3 aromatic carbocycles. The molecule has 5 aromatic rings. The van der Waals surface area contributed by atoms with E-state index in [-0.39, 0.29) is 34.0 Å². The second-order valence-electron chi connectivity index (χ2n) is 11.6. The minimum atomic E-state index is -0.833. The maximum Gasteiger partial charge on any atom is 0.300 e. The molecule has 6 rings (SSSR count). The Morgan fingerprint density at radius 3 is 2.47 bits per heavy atom. The number of carboxylic acids is 1. The zero-order valence-corrected chi connectivity index (χ0v) is 28.1. The molecule has 1 aliphatic heterocycles. The van der Waals surface area contributed by atoms with Crippen LogP contribution >= 0.6 is 11.6 Å². The van der Waals surface area contributed by atoms with Gasteiger partial charge in [0.2, 0.25) is 5.78 Å². The molecule has 0 saturated carbocycles. The van der Waals surface area contributed by atoms with E-state index in [1.807, 2.05) is 11.9 Å². The zero-order valence-electron chi connectivity index (χ0n) is 27.4. The molecule has 2 aromatic heterocycles. The predicted octanol–water partition coefficient (Wildman–Crippen LogP) is 4.84. The van der Waals surface area contributed by atoms with Crippen LogP contribution in [0.1, 0.15) is 50.1 Å². The van der Waals surface area contributed by atoms with E-state index in [9.17, 15) is 14.4 Å². The summed E-state index contributed by atoms with van der Waals surface area (Å²) < 4.78 is 7.38. The number of fused-ring (bicyclic) bond motifs is 1. The van der Waals surface area contributed by atoms with Gasteiger partial charge in [-0.25, -0.2) is 4.68 Å². The third-order valence-electron chi connectivity index (χ3n) is 7.95. The molecule has 0 spiro atoms. The summed E-state index contributed by atoms with van der Waals surface area (Å²) in [5.41, 5.74) is 9.08. The number of para-hydroxylation sites is 1. The number of nitrogens with zero attached hydrogens (tertiary/aromatic N) is 4. The highest BCUT2D eigenvalue weighted by Gasteiger charge is 2.27. The Balaban J connectivity index is 0.00000111. The molecule has 1 saturated heterocycles. The second-order valence-corrected chi connectivity index (χ2v) is 12.0. The topological polar surface area (TPSA) is 176 Å². The molecule has 0 bridgehead atoms. The maximum absolute atomic E-state index is 13.5. The monoisotopic (exact) mass is 685 g/mol. The van der Waals surface area contributed by atoms with Crippen LogP contribution in [-0.2, 0) is 4.79 Å². The number of carbonyl (C=O) groups is 4. The molecule has 1 unspecified atom stereocenters. The molecular formula is C35H36ClN7O6. The van der Waals surface area contributed by atoms with E-state index in [4.69, 9.17) is 32.0 Å². The number of aromatic nitrogens is 3. The number of carbonyl (C=O) groups excluding carboxylic acids is 3. The molecule has 3 heterocycles. The Bertz CT molecular complexity index is 2050. The quantitative estimate of drug-likeness (QED) is 0.167. The summed E-state index contributed by atoms with van der Waals surface area (Å²) >= 11 is 6.62. The van der Waals surface area contributed by atoms with Crippen molar-refractivity contribution in [1.29, 1.82) is 0 Å². The number of likely N-dealkylation sites (tertiary alicyclic amines) is 1. The number of benzene rings is 3. The van der Waals surface area contributed by atoms with Crippen molar-refractivity contribution >= 4 is 51.9 Å². The van der Waals surface area contributed by atoms with Crippen LogP contribution in [0.5, 0.6) is 11.5 Å². The van der Waals surface area contributed by atoms with E-state index < -0.39 is 5.97 Å². The average Bonchev–Trinajstić information content (AvgIpc) is 3.82. The van der Waals surface area contributed by atoms with E-state index in [0.717, 1.165) is 24.2 Å². The van der Waals surface area contributed by atoms with Crippen LogP contribution in [0.2, 0.25) is 5.02 Å². The van der Waals surface area contributed by atoms with Gasteiger partial charge in [0.15, 0.2) is 0 Å². The number of carboxylic acid groups (broad SMARTS) is 1. The third-order valence-corrected chi connectivity index (χ3v) is 8.25. The first kappa shape index (κ1) is 34.7. The number of halogens is 1. The van der Waals surface area contributed by atoms with E-state index in [0.29, 0.717) is 53.1 Å². The van der Waals surface area contributed by atoms with Gasteiger partial charge in [0, 0.05) is 62.7 Å². The van der Waals surface area contributed by atoms with Gasteiger partial charge in [0.25, 0.3) is 17.8 Å². The molecule has 0 aliphatic carbocycles. The Morgan fingerprint density at radius 1 is 1.06 bits per heavy atom. The lowest BCUT2D eigenvalue weighted by Crippen LogP contribution is -2.33. The molecule has 1 aliphatic rings. The van der Waals surface area contributed by atoms with Crippen LogP contribution in [0.25, 0.3) is 16.6 Å². The number of ether oxygens (including phenoxy) is 1. The van der Waals surface area contributed by atoms with E-state index in [1.165, 1.54) is 15.8 Å². The summed E-state index contributed by atoms with van der Waals surface area (Å²) in [7, 11) is 5.24. The number of anilines is 1. The van der Waals surface area contributed by atoms with Crippen LogP contribution in [0, 0.1) is 0 Å². The van der Waals surface area contributed by atoms with Crippen LogP contribution < -0.4 is 15.8 Å². The van der Waals surface area contributed by atoms with Crippen LogP contribution in [0.3, 0.4) is 0 Å². The van der Waals surface area contributed by atoms with Gasteiger partial charge in [0.05, 0.1) is 33.7 Å². The smallest absolute Gasteiger partial charge is 0.300 e. The third kappa shape index (κ3) is 7.58. The van der Waals surface area contributed by atoms with Gasteiger partial charge in [0.1, 0.15) is 17.3 Å². The number of hydrogen-bond acceptors (Lipinski definition) is 8. The lowest BCUT2D eigenvalue weighted by atomic mass is 10.1. The van der Waals surface area contributed by atoms with E-state index in [1.54, 1.807) is 80.8 Å². The summed E-state index contributed by atoms with van der Waals surface area (Å²) in [4.78, 5) is 54.6. The van der Waals surface area contributed by atoms with E-state index in [2.05, 4.69) is 15.4 Å². The summed E-state index contributed by atoms with van der Waals surface area (Å²) in [5.74, 6) is -0.498. The van der Waals surface area contributed by atoms with Gasteiger partial charge >= 0.3 is 0 Å². The summed E-state index contributed by atoms with van der Waals surface area (Å²) in [6, 6.07) is 19.3. The van der Waals surface area contributed by atoms with Gasteiger partial charge in [-0.15, -0.1) is 0 Å². The van der Waals surface area contributed by atoms with Gasteiger partial charge in [-0.3, -0.25) is 19.2 Å². The molecule has 0 radical (unpaired) electrons. The van der Waals surface area contributed by atoms with Gasteiger partial charge in [-0.05, 0) is 62.0 Å². The fourth-order valence-corrected chi connectivity index (χ4v) is 5.69. The number of H-pyrrole nitrogens is 1. The number of nitrogens with two attached hydrogens (primary N) is 1. The highest BCUT2D eigenvalue weighted by atomic mass is 35.5. The maximum atomic E-state index is 13.5. The highest BCUT2D eigenvalue weighted by Crippen LogP contribution is 2.33. The predicted molar refractivity (Wildman–Crippen MR) is 186 cm³/mol. The number of aromatic amines is 1. The van der Waals surface area contributed by atoms with Crippen molar-refractivity contribution in [2.45, 2.75) is 19.4 Å². The molecule has 1 atom stereocenters. The molecule has 254 valence electrons. The molecule has 2 amide bonds. The SMILES string of the molecule is CC(=O)O.CNC1CCN(C(=O)c2ccc3[nH]c(C(=O)c4cnn(-c5ccc(Oc6ccccc6C(=O)N(C)C)cc5Cl)c4N)cc3c2)C1. The normalized spacial score (nSPS) is 13.9. The number of likely N-dealkylation sites (N-methyl/N-ethyl adjacent to an activating group) is 1. The largest absolute Gasteiger partial charge is 0.481 e. The van der Waals surface area contributed by atoms with E-state index >= 15 is 0 Å².